The van der Waals surface area contributed by atoms with Gasteiger partial charge in [-0.15, -0.1) is 0 Å². The number of carbonyl (C=O) groups is 2. The number of hydrogen-bond acceptors (Lipinski definition) is 5. The molecule has 122 valence electrons. The van der Waals surface area contributed by atoms with Crippen molar-refractivity contribution in [1.82, 2.24) is 10.2 Å². The van der Waals surface area contributed by atoms with E-state index >= 15 is 0 Å². The zero-order valence-corrected chi connectivity index (χ0v) is 13.3. The summed E-state index contributed by atoms with van der Waals surface area (Å²) in [6.07, 6.45) is 2.12. The van der Waals surface area contributed by atoms with Gasteiger partial charge in [-0.1, -0.05) is 0 Å². The first-order valence-corrected chi connectivity index (χ1v) is 8.95. The minimum Gasteiger partial charge on any atom is -0.467 e. The van der Waals surface area contributed by atoms with E-state index in [1.54, 1.807) is 12.1 Å². The van der Waals surface area contributed by atoms with E-state index in [1.807, 2.05) is 0 Å². The predicted molar refractivity (Wildman–Crippen MR) is 79.6 cm³/mol. The summed E-state index contributed by atoms with van der Waals surface area (Å²) in [6, 6.07) is 3.19. The van der Waals surface area contributed by atoms with E-state index in [0.717, 1.165) is 0 Å². The van der Waals surface area contributed by atoms with Gasteiger partial charge in [-0.3, -0.25) is 9.59 Å². The molecule has 1 unspecified atom stereocenters. The lowest BCUT2D eigenvalue weighted by Gasteiger charge is -2.20. The number of amides is 2. The first-order chi connectivity index (χ1) is 10.4. The SMILES string of the molecule is CC(=O)N(CCC(=O)NC1CCS(=O)(=O)C1)Cc1ccco1. The van der Waals surface area contributed by atoms with Crippen LogP contribution < -0.4 is 5.32 Å². The van der Waals surface area contributed by atoms with Crippen molar-refractivity contribution in [2.75, 3.05) is 18.1 Å². The lowest BCUT2D eigenvalue weighted by atomic mass is 10.2. The van der Waals surface area contributed by atoms with E-state index in [1.165, 1.54) is 18.1 Å². The van der Waals surface area contributed by atoms with Crippen LogP contribution in [-0.2, 0) is 26.0 Å². The van der Waals surface area contributed by atoms with E-state index in [4.69, 9.17) is 4.42 Å². The fourth-order valence-electron chi connectivity index (χ4n) is 2.38. The number of sulfone groups is 1. The molecular weight excluding hydrogens is 308 g/mol. The van der Waals surface area contributed by atoms with Crippen LogP contribution in [0.25, 0.3) is 0 Å². The zero-order chi connectivity index (χ0) is 16.2. The molecule has 0 spiro atoms. The molecule has 2 amide bonds. The van der Waals surface area contributed by atoms with Crippen molar-refractivity contribution >= 4 is 21.7 Å². The molecule has 0 radical (unpaired) electrons. The Labute approximate surface area is 129 Å². The van der Waals surface area contributed by atoms with Crippen molar-refractivity contribution in [3.8, 4) is 0 Å². The van der Waals surface area contributed by atoms with Crippen molar-refractivity contribution in [2.24, 2.45) is 0 Å². The number of nitrogens with one attached hydrogen (secondary N) is 1. The smallest absolute Gasteiger partial charge is 0.222 e. The van der Waals surface area contributed by atoms with Crippen LogP contribution in [0.5, 0.6) is 0 Å². The van der Waals surface area contributed by atoms with Gasteiger partial charge in [0.1, 0.15) is 5.76 Å². The van der Waals surface area contributed by atoms with E-state index < -0.39 is 9.84 Å². The summed E-state index contributed by atoms with van der Waals surface area (Å²) in [6.45, 7) is 2.01. The average Bonchev–Trinajstić information content (AvgIpc) is 3.03. The molecule has 1 aliphatic heterocycles. The summed E-state index contributed by atoms with van der Waals surface area (Å²) in [5.74, 6) is 0.385. The highest BCUT2D eigenvalue weighted by Gasteiger charge is 2.28. The van der Waals surface area contributed by atoms with Gasteiger partial charge in [0.05, 0.1) is 24.3 Å². The van der Waals surface area contributed by atoms with Crippen LogP contribution in [0.2, 0.25) is 0 Å². The molecule has 1 atom stereocenters. The van der Waals surface area contributed by atoms with Gasteiger partial charge >= 0.3 is 0 Å². The second-order valence-corrected chi connectivity index (χ2v) is 7.67. The first kappa shape index (κ1) is 16.5. The van der Waals surface area contributed by atoms with Gasteiger partial charge in [0, 0.05) is 25.9 Å². The van der Waals surface area contributed by atoms with E-state index in [-0.39, 0.29) is 42.3 Å². The molecular formula is C14H20N2O5S. The third kappa shape index (κ3) is 4.87. The van der Waals surface area contributed by atoms with Gasteiger partial charge in [-0.05, 0) is 18.6 Å². The molecule has 8 heteroatoms. The Morgan fingerprint density at radius 3 is 2.77 bits per heavy atom. The van der Waals surface area contributed by atoms with Crippen LogP contribution in [0.1, 0.15) is 25.5 Å². The monoisotopic (exact) mass is 328 g/mol. The summed E-state index contributed by atoms with van der Waals surface area (Å²) in [4.78, 5) is 25.0. The number of furan rings is 1. The Morgan fingerprint density at radius 1 is 1.45 bits per heavy atom. The quantitative estimate of drug-likeness (QED) is 0.811. The third-order valence-corrected chi connectivity index (χ3v) is 5.35. The standard InChI is InChI=1S/C14H20N2O5S/c1-11(17)16(9-13-3-2-7-21-13)6-4-14(18)15-12-5-8-22(19,20)10-12/h2-3,7,12H,4-6,8-10H2,1H3,(H,15,18). The number of nitrogens with zero attached hydrogens (tertiary/aromatic N) is 1. The Morgan fingerprint density at radius 2 is 2.23 bits per heavy atom. The van der Waals surface area contributed by atoms with Crippen LogP contribution in [-0.4, -0.2) is 49.2 Å². The Balaban J connectivity index is 1.79. The first-order valence-electron chi connectivity index (χ1n) is 7.13. The molecule has 1 aromatic heterocycles. The predicted octanol–water partition coefficient (Wildman–Crippen LogP) is 0.322. The van der Waals surface area contributed by atoms with Crippen LogP contribution in [0.15, 0.2) is 22.8 Å². The number of rotatable bonds is 6. The third-order valence-electron chi connectivity index (χ3n) is 3.58. The minimum absolute atomic E-state index is 0.00155. The lowest BCUT2D eigenvalue weighted by molar-refractivity contribution is -0.130. The lowest BCUT2D eigenvalue weighted by Crippen LogP contribution is -2.38. The molecule has 22 heavy (non-hydrogen) atoms. The van der Waals surface area contributed by atoms with Crippen molar-refractivity contribution < 1.29 is 22.4 Å². The zero-order valence-electron chi connectivity index (χ0n) is 12.4. The largest absolute Gasteiger partial charge is 0.467 e. The van der Waals surface area contributed by atoms with Gasteiger partial charge in [-0.2, -0.15) is 0 Å². The van der Waals surface area contributed by atoms with Gasteiger partial charge in [0.15, 0.2) is 9.84 Å². The fourth-order valence-corrected chi connectivity index (χ4v) is 4.06. The van der Waals surface area contributed by atoms with Crippen LogP contribution in [0.3, 0.4) is 0 Å². The molecule has 1 aromatic rings. The van der Waals surface area contributed by atoms with E-state index in [2.05, 4.69) is 5.32 Å². The summed E-state index contributed by atoms with van der Waals surface area (Å²) >= 11 is 0. The van der Waals surface area contributed by atoms with E-state index in [0.29, 0.717) is 18.7 Å². The minimum atomic E-state index is -3.01. The molecule has 1 N–H and O–H groups in total. The van der Waals surface area contributed by atoms with Gasteiger partial charge in [-0.25, -0.2) is 8.42 Å². The van der Waals surface area contributed by atoms with Crippen LogP contribution in [0.4, 0.5) is 0 Å². The second-order valence-electron chi connectivity index (χ2n) is 5.44. The molecule has 2 heterocycles. The highest BCUT2D eigenvalue weighted by molar-refractivity contribution is 7.91. The van der Waals surface area contributed by atoms with Crippen LogP contribution in [0, 0.1) is 0 Å². The van der Waals surface area contributed by atoms with Crippen LogP contribution >= 0.6 is 0 Å². The van der Waals surface area contributed by atoms with Crippen molar-refractivity contribution in [3.63, 3.8) is 0 Å². The summed E-state index contributed by atoms with van der Waals surface area (Å²) < 4.78 is 27.9. The molecule has 0 aromatic carbocycles. The molecule has 7 nitrogen and oxygen atoms in total. The normalized spacial score (nSPS) is 19.8. The Bertz CT molecular complexity index is 624. The maximum atomic E-state index is 11.9. The Kier molecular flexibility index (Phi) is 5.23. The van der Waals surface area contributed by atoms with Gasteiger partial charge in [0.2, 0.25) is 11.8 Å². The molecule has 1 fully saturated rings. The summed E-state index contributed by atoms with van der Waals surface area (Å²) in [5, 5.41) is 2.71. The van der Waals surface area contributed by atoms with Gasteiger partial charge < -0.3 is 14.6 Å². The molecule has 0 bridgehead atoms. The highest BCUT2D eigenvalue weighted by atomic mass is 32.2. The summed E-state index contributed by atoms with van der Waals surface area (Å²) in [5.41, 5.74) is 0. The molecule has 1 aliphatic rings. The molecule has 2 rings (SSSR count). The molecule has 0 aliphatic carbocycles. The maximum absolute atomic E-state index is 11.9. The molecule has 1 saturated heterocycles. The van der Waals surface area contributed by atoms with Crippen molar-refractivity contribution in [1.29, 1.82) is 0 Å². The number of hydrogen-bond donors (Lipinski definition) is 1. The second kappa shape index (κ2) is 6.95. The van der Waals surface area contributed by atoms with Crippen molar-refractivity contribution in [3.05, 3.63) is 24.2 Å². The highest BCUT2D eigenvalue weighted by Crippen LogP contribution is 2.11. The van der Waals surface area contributed by atoms with Gasteiger partial charge in [0.25, 0.3) is 0 Å². The summed E-state index contributed by atoms with van der Waals surface area (Å²) in [7, 11) is -3.01. The number of carbonyl (C=O) groups excluding carboxylic acids is 2. The van der Waals surface area contributed by atoms with E-state index in [9.17, 15) is 18.0 Å². The average molecular weight is 328 g/mol. The topological polar surface area (TPSA) is 96.7 Å². The maximum Gasteiger partial charge on any atom is 0.222 e. The van der Waals surface area contributed by atoms with Crippen molar-refractivity contribution in [2.45, 2.75) is 32.4 Å². The fraction of sp³-hybridized carbons (Fsp3) is 0.571. The molecule has 0 saturated carbocycles. The Hall–Kier alpha value is -1.83.